The van der Waals surface area contributed by atoms with E-state index >= 15 is 0 Å². The van der Waals surface area contributed by atoms with E-state index in [0.717, 1.165) is 0 Å². The molecule has 1 unspecified atom stereocenters. The average molecular weight is 413 g/mol. The van der Waals surface area contributed by atoms with Crippen molar-refractivity contribution in [1.82, 2.24) is 20.0 Å². The Hall–Kier alpha value is -3.02. The van der Waals surface area contributed by atoms with Crippen LogP contribution >= 0.6 is 0 Å². The molecular weight excluding hydrogens is 394 g/mol. The lowest BCUT2D eigenvalue weighted by Gasteiger charge is -2.36. The molecule has 2 aromatic rings. The van der Waals surface area contributed by atoms with Crippen LogP contribution in [0.2, 0.25) is 0 Å². The Labute approximate surface area is 162 Å². The lowest BCUT2D eigenvalue weighted by Crippen LogP contribution is -2.56. The highest BCUT2D eigenvalue weighted by Gasteiger charge is 2.41. The van der Waals surface area contributed by atoms with Gasteiger partial charge in [-0.15, -0.1) is 0 Å². The minimum Gasteiger partial charge on any atom is -0.333 e. The molecule has 0 bridgehead atoms. The maximum Gasteiger partial charge on any atom is 0.449 e. The van der Waals surface area contributed by atoms with E-state index in [1.807, 2.05) is 0 Å². The second kappa shape index (κ2) is 7.78. The first-order chi connectivity index (χ1) is 13.6. The number of carbonyl (C=O) groups is 1. The van der Waals surface area contributed by atoms with Gasteiger partial charge in [-0.05, 0) is 12.1 Å². The number of hydrogen-bond acceptors (Lipinski definition) is 5. The lowest BCUT2D eigenvalue weighted by molar-refractivity contribution is -0.131. The SMILES string of the molecule is N=C1CN(C(=O)CC(N)Cc2[nH]nc3cc(F)ccc23)CCN1C(=N)C(F)(F)F. The van der Waals surface area contributed by atoms with E-state index in [4.69, 9.17) is 16.6 Å². The first kappa shape index (κ1) is 20.7. The summed E-state index contributed by atoms with van der Waals surface area (Å²) in [6, 6.07) is 3.53. The number of nitrogens with zero attached hydrogens (tertiary/aromatic N) is 3. The van der Waals surface area contributed by atoms with Gasteiger partial charge >= 0.3 is 6.18 Å². The number of aromatic amines is 1. The third kappa shape index (κ3) is 4.53. The molecule has 1 amide bonds. The number of nitrogens with one attached hydrogen (secondary N) is 3. The molecule has 3 rings (SSSR count). The summed E-state index contributed by atoms with van der Waals surface area (Å²) in [5.41, 5.74) is 7.13. The van der Waals surface area contributed by atoms with Gasteiger partial charge in [0.1, 0.15) is 11.7 Å². The Morgan fingerprint density at radius 2 is 2.07 bits per heavy atom. The lowest BCUT2D eigenvalue weighted by atomic mass is 10.0. The molecule has 29 heavy (non-hydrogen) atoms. The number of amides is 1. The summed E-state index contributed by atoms with van der Waals surface area (Å²) in [7, 11) is 0. The molecule has 0 spiro atoms. The van der Waals surface area contributed by atoms with Crippen LogP contribution in [-0.4, -0.2) is 69.4 Å². The van der Waals surface area contributed by atoms with Gasteiger partial charge in [-0.2, -0.15) is 18.3 Å². The van der Waals surface area contributed by atoms with Gasteiger partial charge in [-0.25, -0.2) is 4.39 Å². The van der Waals surface area contributed by atoms with E-state index in [2.05, 4.69) is 10.2 Å². The first-order valence-electron chi connectivity index (χ1n) is 8.73. The first-order valence-corrected chi connectivity index (χ1v) is 8.73. The standard InChI is InChI=1S/C17H19F4N7O/c18-9-1-2-11-12(5-9)25-26-13(11)6-10(22)7-15(29)27-3-4-28(14(23)8-27)16(24)17(19,20)21/h1-2,5,10,23-24H,3-4,6-8,22H2,(H,25,26). The molecule has 0 radical (unpaired) electrons. The van der Waals surface area contributed by atoms with Crippen LogP contribution in [0.5, 0.6) is 0 Å². The number of fused-ring (bicyclic) bond motifs is 1. The summed E-state index contributed by atoms with van der Waals surface area (Å²) >= 11 is 0. The topological polar surface area (TPSA) is 126 Å². The fourth-order valence-electron chi connectivity index (χ4n) is 3.20. The predicted molar refractivity (Wildman–Crippen MR) is 97.1 cm³/mol. The molecule has 1 fully saturated rings. The Morgan fingerprint density at radius 3 is 2.72 bits per heavy atom. The fourth-order valence-corrected chi connectivity index (χ4v) is 3.20. The number of rotatable bonds is 4. The molecule has 1 aliphatic heterocycles. The molecular formula is C17H19F4N7O. The average Bonchev–Trinajstić information content (AvgIpc) is 3.01. The van der Waals surface area contributed by atoms with Crippen molar-refractivity contribution in [3.8, 4) is 0 Å². The van der Waals surface area contributed by atoms with Crippen molar-refractivity contribution in [2.75, 3.05) is 19.6 Å². The molecule has 0 aliphatic carbocycles. The number of hydrogen-bond donors (Lipinski definition) is 4. The number of amidine groups is 2. The number of aromatic nitrogens is 2. The summed E-state index contributed by atoms with van der Waals surface area (Å²) in [4.78, 5) is 14.2. The highest BCUT2D eigenvalue weighted by Crippen LogP contribution is 2.21. The number of halogens is 4. The van der Waals surface area contributed by atoms with Crippen molar-refractivity contribution in [2.45, 2.75) is 25.1 Å². The molecule has 2 heterocycles. The number of piperazine rings is 1. The van der Waals surface area contributed by atoms with Crippen LogP contribution in [0.15, 0.2) is 18.2 Å². The second-order valence-corrected chi connectivity index (χ2v) is 6.79. The highest BCUT2D eigenvalue weighted by atomic mass is 19.4. The van der Waals surface area contributed by atoms with Crippen molar-refractivity contribution in [1.29, 1.82) is 10.8 Å². The molecule has 1 aromatic carbocycles. The van der Waals surface area contributed by atoms with E-state index in [1.165, 1.54) is 17.0 Å². The molecule has 1 aliphatic rings. The van der Waals surface area contributed by atoms with Gasteiger partial charge < -0.3 is 15.5 Å². The third-order valence-corrected chi connectivity index (χ3v) is 4.65. The van der Waals surface area contributed by atoms with Gasteiger partial charge in [0.05, 0.1) is 12.1 Å². The number of alkyl halides is 3. The van der Waals surface area contributed by atoms with Crippen LogP contribution < -0.4 is 5.73 Å². The fraction of sp³-hybridized carbons (Fsp3) is 0.412. The zero-order valence-electron chi connectivity index (χ0n) is 15.2. The molecule has 156 valence electrons. The van der Waals surface area contributed by atoms with Crippen molar-refractivity contribution in [3.63, 3.8) is 0 Å². The molecule has 8 nitrogen and oxygen atoms in total. The Kier molecular flexibility index (Phi) is 5.55. The van der Waals surface area contributed by atoms with E-state index in [-0.39, 0.29) is 32.5 Å². The van der Waals surface area contributed by atoms with Gasteiger partial charge in [0, 0.05) is 49.1 Å². The summed E-state index contributed by atoms with van der Waals surface area (Å²) in [5, 5.41) is 22.3. The second-order valence-electron chi connectivity index (χ2n) is 6.79. The quantitative estimate of drug-likeness (QED) is 0.345. The third-order valence-electron chi connectivity index (χ3n) is 4.65. The van der Waals surface area contributed by atoms with Crippen LogP contribution in [0.3, 0.4) is 0 Å². The largest absolute Gasteiger partial charge is 0.449 e. The minimum atomic E-state index is -4.85. The molecule has 12 heteroatoms. The Balaban J connectivity index is 1.57. The molecule has 0 saturated carbocycles. The number of nitrogens with two attached hydrogens (primary N) is 1. The van der Waals surface area contributed by atoms with Crippen molar-refractivity contribution >= 4 is 28.5 Å². The van der Waals surface area contributed by atoms with Crippen LogP contribution in [0.1, 0.15) is 12.1 Å². The van der Waals surface area contributed by atoms with Crippen LogP contribution in [-0.2, 0) is 11.2 Å². The van der Waals surface area contributed by atoms with E-state index < -0.39 is 35.6 Å². The van der Waals surface area contributed by atoms with Gasteiger partial charge in [0.15, 0.2) is 0 Å². The highest BCUT2D eigenvalue weighted by molar-refractivity contribution is 6.02. The van der Waals surface area contributed by atoms with Crippen LogP contribution in [0.4, 0.5) is 17.6 Å². The summed E-state index contributed by atoms with van der Waals surface area (Å²) in [5.74, 6) is -2.90. The van der Waals surface area contributed by atoms with E-state index in [1.54, 1.807) is 6.07 Å². The van der Waals surface area contributed by atoms with Gasteiger partial charge in [0.2, 0.25) is 11.7 Å². The van der Waals surface area contributed by atoms with E-state index in [0.29, 0.717) is 21.5 Å². The monoisotopic (exact) mass is 413 g/mol. The van der Waals surface area contributed by atoms with Gasteiger partial charge in [0.25, 0.3) is 0 Å². The smallest absolute Gasteiger partial charge is 0.333 e. The minimum absolute atomic E-state index is 0.0430. The number of carbonyl (C=O) groups excluding carboxylic acids is 1. The van der Waals surface area contributed by atoms with E-state index in [9.17, 15) is 22.4 Å². The normalized spacial score (nSPS) is 16.4. The molecule has 5 N–H and O–H groups in total. The van der Waals surface area contributed by atoms with Gasteiger partial charge in [-0.3, -0.25) is 20.7 Å². The van der Waals surface area contributed by atoms with Crippen LogP contribution in [0, 0.1) is 16.6 Å². The zero-order valence-corrected chi connectivity index (χ0v) is 15.2. The Bertz CT molecular complexity index is 955. The maximum absolute atomic E-state index is 13.2. The maximum atomic E-state index is 13.2. The zero-order chi connectivity index (χ0) is 21.3. The van der Waals surface area contributed by atoms with Crippen molar-refractivity contribution < 1.29 is 22.4 Å². The summed E-state index contributed by atoms with van der Waals surface area (Å²) in [6.45, 7) is -0.649. The summed E-state index contributed by atoms with van der Waals surface area (Å²) < 4.78 is 51.2. The molecule has 1 atom stereocenters. The van der Waals surface area contributed by atoms with Gasteiger partial charge in [-0.1, -0.05) is 0 Å². The van der Waals surface area contributed by atoms with Crippen molar-refractivity contribution in [3.05, 3.63) is 29.7 Å². The predicted octanol–water partition coefficient (Wildman–Crippen LogP) is 1.62. The summed E-state index contributed by atoms with van der Waals surface area (Å²) in [6.07, 6.45) is -4.66. The Morgan fingerprint density at radius 1 is 1.34 bits per heavy atom. The van der Waals surface area contributed by atoms with Crippen LogP contribution in [0.25, 0.3) is 10.9 Å². The van der Waals surface area contributed by atoms with Crippen molar-refractivity contribution in [2.24, 2.45) is 5.73 Å². The molecule has 1 saturated heterocycles. The number of H-pyrrole nitrogens is 1. The number of benzene rings is 1. The molecule has 1 aromatic heterocycles.